The molecule has 0 spiro atoms. The minimum absolute atomic E-state index is 0.0869. The Hall–Kier alpha value is -2.43. The molecule has 0 radical (unpaired) electrons. The van der Waals surface area contributed by atoms with Crippen LogP contribution in [0.25, 0.3) is 11.3 Å². The van der Waals surface area contributed by atoms with Gasteiger partial charge < -0.3 is 10.8 Å². The van der Waals surface area contributed by atoms with E-state index in [1.54, 1.807) is 24.3 Å². The summed E-state index contributed by atoms with van der Waals surface area (Å²) >= 11 is 0. The van der Waals surface area contributed by atoms with Gasteiger partial charge in [0.15, 0.2) is 5.75 Å². The van der Waals surface area contributed by atoms with Crippen molar-refractivity contribution in [1.29, 1.82) is 0 Å². The second-order valence-electron chi connectivity index (χ2n) is 3.17. The number of aromatic hydroxyl groups is 1. The number of hydrogen-bond donors (Lipinski definition) is 2. The number of rotatable bonds is 2. The molecule has 0 bridgehead atoms. The van der Waals surface area contributed by atoms with Crippen LogP contribution in [-0.2, 0) is 0 Å². The predicted molar refractivity (Wildman–Crippen MR) is 57.7 cm³/mol. The third-order valence-electron chi connectivity index (χ3n) is 2.14. The van der Waals surface area contributed by atoms with Crippen LogP contribution in [0.2, 0.25) is 0 Å². The number of nitrogens with two attached hydrogens (primary N) is 1. The van der Waals surface area contributed by atoms with E-state index in [9.17, 15) is 9.90 Å². The fourth-order valence-electron chi connectivity index (χ4n) is 1.43. The summed E-state index contributed by atoms with van der Waals surface area (Å²) in [5.41, 5.74) is 6.35. The van der Waals surface area contributed by atoms with Crippen molar-refractivity contribution < 1.29 is 9.90 Å². The number of carbonyl (C=O) groups is 1. The molecule has 0 saturated carbocycles. The van der Waals surface area contributed by atoms with E-state index < -0.39 is 5.91 Å². The Bertz CT molecular complexity index is 540. The molecule has 0 fully saturated rings. The van der Waals surface area contributed by atoms with Crippen molar-refractivity contribution in [2.24, 2.45) is 5.73 Å². The van der Waals surface area contributed by atoms with Gasteiger partial charge in [0, 0.05) is 11.1 Å². The molecule has 1 aromatic carbocycles. The van der Waals surface area contributed by atoms with Crippen LogP contribution in [0.4, 0.5) is 0 Å². The molecule has 0 unspecified atom stereocenters. The van der Waals surface area contributed by atoms with Crippen LogP contribution >= 0.6 is 0 Å². The average Bonchev–Trinajstić information content (AvgIpc) is 2.29. The summed E-state index contributed by atoms with van der Waals surface area (Å²) in [5, 5.41) is 9.59. The standard InChI is InChI=1S/C11H9N3O2/c12-11(16)8-4-2-1-3-7(8)10-9(15)5-13-6-14-10/h1-6,15H,(H2,12,16). The molecule has 3 N–H and O–H groups in total. The van der Waals surface area contributed by atoms with E-state index in [4.69, 9.17) is 5.73 Å². The number of aromatic nitrogens is 2. The quantitative estimate of drug-likeness (QED) is 0.780. The van der Waals surface area contributed by atoms with Crippen molar-refractivity contribution in [1.82, 2.24) is 9.97 Å². The number of benzene rings is 1. The van der Waals surface area contributed by atoms with E-state index in [-0.39, 0.29) is 5.75 Å². The fraction of sp³-hybridized carbons (Fsp3) is 0. The zero-order valence-electron chi connectivity index (χ0n) is 8.29. The number of amides is 1. The van der Waals surface area contributed by atoms with Crippen molar-refractivity contribution in [3.63, 3.8) is 0 Å². The third-order valence-corrected chi connectivity index (χ3v) is 2.14. The highest BCUT2D eigenvalue weighted by Gasteiger charge is 2.13. The van der Waals surface area contributed by atoms with Gasteiger partial charge in [-0.3, -0.25) is 4.79 Å². The molecular weight excluding hydrogens is 206 g/mol. The largest absolute Gasteiger partial charge is 0.504 e. The van der Waals surface area contributed by atoms with Crippen LogP contribution in [0.15, 0.2) is 36.8 Å². The normalized spacial score (nSPS) is 10.0. The topological polar surface area (TPSA) is 89.1 Å². The van der Waals surface area contributed by atoms with Crippen LogP contribution in [-0.4, -0.2) is 21.0 Å². The Kier molecular flexibility index (Phi) is 2.51. The molecule has 0 atom stereocenters. The molecule has 5 heteroatoms. The van der Waals surface area contributed by atoms with Gasteiger partial charge in [-0.15, -0.1) is 0 Å². The Labute approximate surface area is 91.6 Å². The molecule has 0 aliphatic heterocycles. The van der Waals surface area contributed by atoms with Crippen LogP contribution in [0.3, 0.4) is 0 Å². The lowest BCUT2D eigenvalue weighted by Gasteiger charge is -2.06. The molecule has 1 heterocycles. The Balaban J connectivity index is 2.65. The molecule has 80 valence electrons. The lowest BCUT2D eigenvalue weighted by atomic mass is 10.0. The third kappa shape index (κ3) is 1.70. The molecule has 1 aromatic heterocycles. The van der Waals surface area contributed by atoms with E-state index in [2.05, 4.69) is 9.97 Å². The van der Waals surface area contributed by atoms with Gasteiger partial charge >= 0.3 is 0 Å². The molecule has 0 aliphatic carbocycles. The first-order valence-electron chi connectivity index (χ1n) is 4.58. The lowest BCUT2D eigenvalue weighted by Crippen LogP contribution is -2.12. The Morgan fingerprint density at radius 3 is 2.75 bits per heavy atom. The molecular formula is C11H9N3O2. The summed E-state index contributed by atoms with van der Waals surface area (Å²) in [5.74, 6) is -0.648. The van der Waals surface area contributed by atoms with Crippen LogP contribution in [0.5, 0.6) is 5.75 Å². The van der Waals surface area contributed by atoms with E-state index in [0.29, 0.717) is 16.8 Å². The second-order valence-corrected chi connectivity index (χ2v) is 3.17. The van der Waals surface area contributed by atoms with E-state index in [1.165, 1.54) is 12.5 Å². The van der Waals surface area contributed by atoms with Gasteiger partial charge in [0.2, 0.25) is 5.91 Å². The van der Waals surface area contributed by atoms with Crippen molar-refractivity contribution >= 4 is 5.91 Å². The number of hydrogen-bond acceptors (Lipinski definition) is 4. The maximum absolute atomic E-state index is 11.2. The van der Waals surface area contributed by atoms with E-state index >= 15 is 0 Å². The van der Waals surface area contributed by atoms with E-state index in [1.807, 2.05) is 0 Å². The zero-order chi connectivity index (χ0) is 11.5. The van der Waals surface area contributed by atoms with Gasteiger partial charge in [-0.25, -0.2) is 9.97 Å². The first-order chi connectivity index (χ1) is 7.70. The number of primary amides is 1. The Morgan fingerprint density at radius 1 is 1.31 bits per heavy atom. The number of carbonyl (C=O) groups excluding carboxylic acids is 1. The fourth-order valence-corrected chi connectivity index (χ4v) is 1.43. The van der Waals surface area contributed by atoms with Crippen molar-refractivity contribution in [3.8, 4) is 17.0 Å². The van der Waals surface area contributed by atoms with Crippen molar-refractivity contribution in [2.75, 3.05) is 0 Å². The smallest absolute Gasteiger partial charge is 0.249 e. The first kappa shape index (κ1) is 10.1. The second kappa shape index (κ2) is 3.98. The minimum Gasteiger partial charge on any atom is -0.504 e. The van der Waals surface area contributed by atoms with Gasteiger partial charge in [-0.05, 0) is 6.07 Å². The van der Waals surface area contributed by atoms with E-state index in [0.717, 1.165) is 0 Å². The molecule has 2 rings (SSSR count). The first-order valence-corrected chi connectivity index (χ1v) is 4.58. The zero-order valence-corrected chi connectivity index (χ0v) is 8.29. The van der Waals surface area contributed by atoms with Gasteiger partial charge in [0.1, 0.15) is 12.0 Å². The molecule has 1 amide bonds. The molecule has 5 nitrogen and oxygen atoms in total. The lowest BCUT2D eigenvalue weighted by molar-refractivity contribution is 0.100. The van der Waals surface area contributed by atoms with Crippen LogP contribution in [0.1, 0.15) is 10.4 Å². The Morgan fingerprint density at radius 2 is 2.06 bits per heavy atom. The summed E-state index contributed by atoms with van der Waals surface area (Å²) in [4.78, 5) is 18.8. The predicted octanol–water partition coefficient (Wildman–Crippen LogP) is 0.948. The van der Waals surface area contributed by atoms with Crippen molar-refractivity contribution in [3.05, 3.63) is 42.4 Å². The maximum Gasteiger partial charge on any atom is 0.249 e. The molecule has 2 aromatic rings. The summed E-state index contributed by atoms with van der Waals surface area (Å²) in [7, 11) is 0. The SMILES string of the molecule is NC(=O)c1ccccc1-c1ncncc1O. The van der Waals surface area contributed by atoms with Crippen molar-refractivity contribution in [2.45, 2.75) is 0 Å². The average molecular weight is 215 g/mol. The summed E-state index contributed by atoms with van der Waals surface area (Å²) < 4.78 is 0. The van der Waals surface area contributed by atoms with Gasteiger partial charge in [-0.1, -0.05) is 18.2 Å². The molecule has 0 aliphatic rings. The highest BCUT2D eigenvalue weighted by atomic mass is 16.3. The highest BCUT2D eigenvalue weighted by Crippen LogP contribution is 2.27. The summed E-state index contributed by atoms with van der Waals surface area (Å²) in [6.07, 6.45) is 2.56. The minimum atomic E-state index is -0.561. The molecule has 16 heavy (non-hydrogen) atoms. The van der Waals surface area contributed by atoms with Gasteiger partial charge in [0.05, 0.1) is 6.20 Å². The highest BCUT2D eigenvalue weighted by molar-refractivity contribution is 5.99. The van der Waals surface area contributed by atoms with Crippen LogP contribution in [0, 0.1) is 0 Å². The summed E-state index contributed by atoms with van der Waals surface area (Å²) in [6.45, 7) is 0. The maximum atomic E-state index is 11.2. The number of nitrogens with zero attached hydrogens (tertiary/aromatic N) is 2. The molecule has 0 saturated heterocycles. The monoisotopic (exact) mass is 215 g/mol. The van der Waals surface area contributed by atoms with Gasteiger partial charge in [-0.2, -0.15) is 0 Å². The summed E-state index contributed by atoms with van der Waals surface area (Å²) in [6, 6.07) is 6.69. The van der Waals surface area contributed by atoms with Crippen LogP contribution < -0.4 is 5.73 Å². The van der Waals surface area contributed by atoms with Gasteiger partial charge in [0.25, 0.3) is 0 Å².